The Hall–Kier alpha value is -3.90. The largest absolute Gasteiger partial charge is 0.0622 e. The van der Waals surface area contributed by atoms with E-state index in [4.69, 9.17) is 0 Å². The van der Waals surface area contributed by atoms with E-state index in [1.165, 1.54) is 33.4 Å². The van der Waals surface area contributed by atoms with E-state index in [0.717, 1.165) is 0 Å². The number of hydrogen-bond donors (Lipinski definition) is 0. The van der Waals surface area contributed by atoms with Crippen LogP contribution in [0.3, 0.4) is 0 Å². The summed E-state index contributed by atoms with van der Waals surface area (Å²) >= 11 is 0. The van der Waals surface area contributed by atoms with Crippen LogP contribution in [-0.2, 0) is 0 Å². The molecule has 4 aromatic rings. The molecule has 1 radical (unpaired) electrons. The number of rotatable bonds is 6. The minimum absolute atomic E-state index is 0.112. The van der Waals surface area contributed by atoms with Gasteiger partial charge in [-0.3, -0.25) is 0 Å². The van der Waals surface area contributed by atoms with Gasteiger partial charge >= 0.3 is 0 Å². The van der Waals surface area contributed by atoms with Gasteiger partial charge in [-0.1, -0.05) is 140 Å². The van der Waals surface area contributed by atoms with Crippen molar-refractivity contribution in [2.45, 2.75) is 11.8 Å². The fraction of sp³-hybridized carbons (Fsp3) is 0.0625. The average molecular weight is 410 g/mol. The fourth-order valence-corrected chi connectivity index (χ4v) is 4.67. The number of hydrogen-bond acceptors (Lipinski definition) is 0. The molecule has 1 aliphatic rings. The molecular weight excluding hydrogens is 384 g/mol. The van der Waals surface area contributed by atoms with E-state index in [2.05, 4.69) is 140 Å². The first-order chi connectivity index (χ1) is 15.9. The van der Waals surface area contributed by atoms with Gasteiger partial charge < -0.3 is 0 Å². The third-order valence-electron chi connectivity index (χ3n) is 6.06. The first-order valence-electron chi connectivity index (χ1n) is 11.1. The van der Waals surface area contributed by atoms with Gasteiger partial charge in [0.15, 0.2) is 0 Å². The fourth-order valence-electron chi connectivity index (χ4n) is 4.67. The van der Waals surface area contributed by atoms with Crippen LogP contribution >= 0.6 is 0 Å². The van der Waals surface area contributed by atoms with Crippen molar-refractivity contribution < 1.29 is 0 Å². The van der Waals surface area contributed by atoms with Gasteiger partial charge in [0.25, 0.3) is 0 Å². The van der Waals surface area contributed by atoms with E-state index in [1.807, 2.05) is 6.08 Å². The SMILES string of the molecule is [C]1=CC=CC1=C(C(c1ccccc1)c1ccccc1)C(c1ccccc1)c1ccccc1. The zero-order valence-corrected chi connectivity index (χ0v) is 17.9. The summed E-state index contributed by atoms with van der Waals surface area (Å²) in [5.41, 5.74) is 7.69. The minimum Gasteiger partial charge on any atom is -0.0622 e. The molecule has 0 heteroatoms. The second-order valence-corrected chi connectivity index (χ2v) is 8.05. The van der Waals surface area contributed by atoms with Crippen LogP contribution < -0.4 is 0 Å². The van der Waals surface area contributed by atoms with E-state index >= 15 is 0 Å². The van der Waals surface area contributed by atoms with E-state index < -0.39 is 0 Å². The van der Waals surface area contributed by atoms with Crippen molar-refractivity contribution in [3.8, 4) is 0 Å². The number of allylic oxidation sites excluding steroid dienone is 6. The van der Waals surface area contributed by atoms with Gasteiger partial charge in [0.2, 0.25) is 0 Å². The highest BCUT2D eigenvalue weighted by atomic mass is 14.3. The normalized spacial score (nSPS) is 12.6. The molecule has 5 rings (SSSR count). The molecule has 0 unspecified atom stereocenters. The Bertz CT molecular complexity index is 1050. The molecule has 32 heavy (non-hydrogen) atoms. The molecule has 0 N–H and O–H groups in total. The Labute approximate surface area is 190 Å². The molecule has 0 spiro atoms. The topological polar surface area (TPSA) is 0 Å². The molecule has 0 fully saturated rings. The van der Waals surface area contributed by atoms with Crippen LogP contribution in [0.25, 0.3) is 0 Å². The standard InChI is InChI=1S/C32H25/c1-5-15-25(16-6-1)30(26-17-7-2-8-18-26)32(29-23-13-14-24-29)31(27-19-9-3-10-20-27)28-21-11-4-12-22-28/h1-23,30-31H. The van der Waals surface area contributed by atoms with Crippen LogP contribution in [0, 0.1) is 6.08 Å². The lowest BCUT2D eigenvalue weighted by Crippen LogP contribution is -2.16. The Kier molecular flexibility index (Phi) is 5.94. The second kappa shape index (κ2) is 9.49. The van der Waals surface area contributed by atoms with Crippen molar-refractivity contribution in [2.75, 3.05) is 0 Å². The summed E-state index contributed by atoms with van der Waals surface area (Å²) < 4.78 is 0. The molecular formula is C32H25. The van der Waals surface area contributed by atoms with Gasteiger partial charge in [0.05, 0.1) is 0 Å². The molecule has 0 bridgehead atoms. The third kappa shape index (κ3) is 4.13. The predicted octanol–water partition coefficient (Wildman–Crippen LogP) is 7.88. The van der Waals surface area contributed by atoms with Gasteiger partial charge in [-0.2, -0.15) is 0 Å². The average Bonchev–Trinajstić information content (AvgIpc) is 3.41. The molecule has 0 atom stereocenters. The molecule has 0 heterocycles. The maximum Gasteiger partial charge on any atom is 0.0317 e. The second-order valence-electron chi connectivity index (χ2n) is 8.05. The van der Waals surface area contributed by atoms with Gasteiger partial charge in [-0.25, -0.2) is 0 Å². The van der Waals surface area contributed by atoms with Crippen molar-refractivity contribution in [1.29, 1.82) is 0 Å². The highest BCUT2D eigenvalue weighted by Gasteiger charge is 2.30. The first kappa shape index (κ1) is 20.0. The summed E-state index contributed by atoms with van der Waals surface area (Å²) in [7, 11) is 0. The molecule has 4 aromatic carbocycles. The zero-order chi connectivity index (χ0) is 21.6. The van der Waals surface area contributed by atoms with Crippen LogP contribution in [-0.4, -0.2) is 0 Å². The van der Waals surface area contributed by atoms with E-state index in [0.29, 0.717) is 0 Å². The van der Waals surface area contributed by atoms with Crippen LogP contribution in [0.1, 0.15) is 34.1 Å². The maximum atomic E-state index is 3.54. The summed E-state index contributed by atoms with van der Waals surface area (Å²) in [4.78, 5) is 0. The minimum atomic E-state index is 0.112. The highest BCUT2D eigenvalue weighted by molar-refractivity contribution is 5.56. The highest BCUT2D eigenvalue weighted by Crippen LogP contribution is 2.45. The van der Waals surface area contributed by atoms with Crippen molar-refractivity contribution in [2.24, 2.45) is 0 Å². The molecule has 153 valence electrons. The first-order valence-corrected chi connectivity index (χ1v) is 11.1. The van der Waals surface area contributed by atoms with E-state index in [1.54, 1.807) is 0 Å². The summed E-state index contributed by atoms with van der Waals surface area (Å²) in [6, 6.07) is 43.4. The van der Waals surface area contributed by atoms with Gasteiger partial charge in [0.1, 0.15) is 0 Å². The van der Waals surface area contributed by atoms with Crippen molar-refractivity contribution in [1.82, 2.24) is 0 Å². The van der Waals surface area contributed by atoms with Gasteiger partial charge in [-0.15, -0.1) is 0 Å². The molecule has 0 saturated heterocycles. The maximum absolute atomic E-state index is 3.54. The van der Waals surface area contributed by atoms with Crippen LogP contribution in [0.4, 0.5) is 0 Å². The lowest BCUT2D eigenvalue weighted by atomic mass is 9.72. The van der Waals surface area contributed by atoms with Crippen molar-refractivity contribution in [3.63, 3.8) is 0 Å². The zero-order valence-electron chi connectivity index (χ0n) is 17.9. The number of benzene rings is 4. The van der Waals surface area contributed by atoms with Crippen LogP contribution in [0.15, 0.2) is 151 Å². The third-order valence-corrected chi connectivity index (χ3v) is 6.06. The lowest BCUT2D eigenvalue weighted by molar-refractivity contribution is 0.810. The summed E-state index contributed by atoms with van der Waals surface area (Å²) in [5, 5.41) is 0. The Morgan fingerprint density at radius 1 is 0.469 bits per heavy atom. The predicted molar refractivity (Wildman–Crippen MR) is 133 cm³/mol. The van der Waals surface area contributed by atoms with Gasteiger partial charge in [-0.05, 0) is 39.5 Å². The summed E-state index contributed by atoms with van der Waals surface area (Å²) in [5.74, 6) is 0.225. The summed E-state index contributed by atoms with van der Waals surface area (Å²) in [6.07, 6.45) is 9.86. The molecule has 0 amide bonds. The van der Waals surface area contributed by atoms with Crippen LogP contribution in [0.5, 0.6) is 0 Å². The van der Waals surface area contributed by atoms with Crippen LogP contribution in [0.2, 0.25) is 0 Å². The Balaban J connectivity index is 1.81. The molecule has 0 aromatic heterocycles. The molecule has 0 saturated carbocycles. The quantitative estimate of drug-likeness (QED) is 0.304. The van der Waals surface area contributed by atoms with Crippen molar-refractivity contribution in [3.05, 3.63) is 179 Å². The van der Waals surface area contributed by atoms with Gasteiger partial charge in [0, 0.05) is 11.8 Å². The molecule has 0 nitrogen and oxygen atoms in total. The summed E-state index contributed by atoms with van der Waals surface area (Å²) in [6.45, 7) is 0. The lowest BCUT2D eigenvalue weighted by Gasteiger charge is -2.31. The Morgan fingerprint density at radius 2 is 0.812 bits per heavy atom. The Morgan fingerprint density at radius 3 is 1.09 bits per heavy atom. The van der Waals surface area contributed by atoms with E-state index in [9.17, 15) is 0 Å². The van der Waals surface area contributed by atoms with Crippen molar-refractivity contribution >= 4 is 0 Å². The smallest absolute Gasteiger partial charge is 0.0317 e. The molecule has 1 aliphatic carbocycles. The monoisotopic (exact) mass is 409 g/mol. The molecule has 0 aliphatic heterocycles. The van der Waals surface area contributed by atoms with E-state index in [-0.39, 0.29) is 11.8 Å².